The van der Waals surface area contributed by atoms with Crippen molar-refractivity contribution >= 4 is 23.4 Å². The summed E-state index contributed by atoms with van der Waals surface area (Å²) in [7, 11) is 0. The van der Waals surface area contributed by atoms with Crippen LogP contribution in [-0.2, 0) is 20.8 Å². The van der Waals surface area contributed by atoms with E-state index in [4.69, 9.17) is 5.21 Å². The molecule has 0 aromatic heterocycles. The second-order valence-electron chi connectivity index (χ2n) is 10.5. The first kappa shape index (κ1) is 27.3. The molecule has 1 aliphatic rings. The van der Waals surface area contributed by atoms with Crippen LogP contribution in [0.1, 0.15) is 52.0 Å². The predicted octanol–water partition coefficient (Wildman–Crippen LogP) is 4.46. The van der Waals surface area contributed by atoms with Gasteiger partial charge in [-0.15, -0.1) is 0 Å². The third-order valence-corrected chi connectivity index (χ3v) is 6.70. The molecule has 0 unspecified atom stereocenters. The van der Waals surface area contributed by atoms with Crippen molar-refractivity contribution in [2.75, 3.05) is 11.9 Å². The Kier molecular flexibility index (Phi) is 8.45. The van der Waals surface area contributed by atoms with Gasteiger partial charge in [0.1, 0.15) is 17.7 Å². The number of nitrogens with one attached hydrogen (secondary N) is 2. The zero-order chi connectivity index (χ0) is 26.5. The number of hydrogen-bond acceptors (Lipinski definition) is 4. The highest BCUT2D eigenvalue weighted by molar-refractivity contribution is 5.99. The number of anilines is 1. The summed E-state index contributed by atoms with van der Waals surface area (Å²) in [6.45, 7) is 5.82. The molecule has 1 saturated heterocycles. The van der Waals surface area contributed by atoms with E-state index in [-0.39, 0.29) is 24.7 Å². The van der Waals surface area contributed by atoms with Gasteiger partial charge in [0.15, 0.2) is 0 Å². The number of rotatable bonds is 9. The van der Waals surface area contributed by atoms with E-state index in [0.717, 1.165) is 5.56 Å². The largest absolute Gasteiger partial charge is 0.330 e. The summed E-state index contributed by atoms with van der Waals surface area (Å²) in [6, 6.07) is 10.6. The number of nitrogens with zero attached hydrogens (tertiary/aromatic N) is 1. The van der Waals surface area contributed by atoms with Crippen molar-refractivity contribution in [2.24, 2.45) is 10.8 Å². The van der Waals surface area contributed by atoms with Crippen LogP contribution in [0.25, 0.3) is 0 Å². The Hall–Kier alpha value is -3.33. The fourth-order valence-electron chi connectivity index (χ4n) is 4.95. The molecule has 36 heavy (non-hydrogen) atoms. The van der Waals surface area contributed by atoms with Crippen LogP contribution in [0.3, 0.4) is 0 Å². The average Bonchev–Trinajstić information content (AvgIpc) is 3.11. The van der Waals surface area contributed by atoms with Crippen LogP contribution in [0, 0.1) is 22.5 Å². The molecule has 3 N–H and O–H groups in total. The highest BCUT2D eigenvalue weighted by atomic mass is 19.1. The summed E-state index contributed by atoms with van der Waals surface area (Å²) in [5, 5.41) is 11.9. The predicted molar refractivity (Wildman–Crippen MR) is 131 cm³/mol. The minimum Gasteiger partial charge on any atom is -0.330 e. The van der Waals surface area contributed by atoms with Crippen LogP contribution in [0.5, 0.6) is 0 Å². The zero-order valence-electron chi connectivity index (χ0n) is 20.8. The molecule has 2 aromatic carbocycles. The molecule has 9 heteroatoms. The second-order valence-corrected chi connectivity index (χ2v) is 10.5. The van der Waals surface area contributed by atoms with Gasteiger partial charge >= 0.3 is 0 Å². The number of hydroxylamine groups is 1. The van der Waals surface area contributed by atoms with Crippen LogP contribution in [0.2, 0.25) is 0 Å². The number of halogens is 2. The maximum Gasteiger partial charge on any atom is 0.247 e. The van der Waals surface area contributed by atoms with Gasteiger partial charge in [0, 0.05) is 18.7 Å². The van der Waals surface area contributed by atoms with Gasteiger partial charge in [-0.1, -0.05) is 32.9 Å². The topological polar surface area (TPSA) is 98.7 Å². The quantitative estimate of drug-likeness (QED) is 0.349. The van der Waals surface area contributed by atoms with Gasteiger partial charge in [0.2, 0.25) is 17.7 Å². The van der Waals surface area contributed by atoms with E-state index in [9.17, 15) is 23.2 Å². The molecular weight excluding hydrogens is 468 g/mol. The van der Waals surface area contributed by atoms with Crippen LogP contribution in [-0.4, -0.2) is 40.4 Å². The smallest absolute Gasteiger partial charge is 0.247 e. The van der Waals surface area contributed by atoms with Gasteiger partial charge < -0.3 is 10.2 Å². The van der Waals surface area contributed by atoms with Crippen LogP contribution < -0.4 is 10.8 Å². The van der Waals surface area contributed by atoms with Crippen LogP contribution >= 0.6 is 0 Å². The summed E-state index contributed by atoms with van der Waals surface area (Å²) < 4.78 is 26.5. The number of carbonyl (C=O) groups is 3. The Morgan fingerprint density at radius 1 is 1.06 bits per heavy atom. The van der Waals surface area contributed by atoms with Crippen molar-refractivity contribution in [1.29, 1.82) is 0 Å². The molecule has 1 aliphatic heterocycles. The van der Waals surface area contributed by atoms with Crippen molar-refractivity contribution in [3.05, 3.63) is 65.7 Å². The minimum absolute atomic E-state index is 0.210. The highest BCUT2D eigenvalue weighted by Crippen LogP contribution is 2.43. The third-order valence-electron chi connectivity index (χ3n) is 6.70. The number of benzene rings is 2. The normalized spacial score (nSPS) is 18.7. The summed E-state index contributed by atoms with van der Waals surface area (Å²) >= 11 is 0. The van der Waals surface area contributed by atoms with Gasteiger partial charge in [0.25, 0.3) is 0 Å². The molecule has 2 atom stereocenters. The van der Waals surface area contributed by atoms with Gasteiger partial charge in [-0.05, 0) is 73.1 Å². The molecule has 0 saturated carbocycles. The first-order valence-electron chi connectivity index (χ1n) is 12.0. The van der Waals surface area contributed by atoms with Crippen molar-refractivity contribution in [1.82, 2.24) is 10.4 Å². The zero-order valence-corrected chi connectivity index (χ0v) is 20.8. The summed E-state index contributed by atoms with van der Waals surface area (Å²) in [5.41, 5.74) is 1.23. The molecule has 0 spiro atoms. The lowest BCUT2D eigenvalue weighted by molar-refractivity contribution is -0.148. The molecule has 0 aliphatic carbocycles. The lowest BCUT2D eigenvalue weighted by atomic mass is 9.77. The van der Waals surface area contributed by atoms with E-state index in [1.165, 1.54) is 41.3 Å². The standard InChI is InChI=1S/C27H33F2N3O4/c1-26(2,3)23(24(34)30-21-12-10-20(29)11-13-21)32-16-15-27(25(32)35,17-22(33)31-36)14-4-5-18-6-8-19(28)9-7-18/h6-13,23,36H,4-5,14-17H2,1-3H3,(H,30,34)(H,31,33)/t23-,27-/m0/s1. The average molecular weight is 502 g/mol. The molecule has 2 aromatic rings. The number of carbonyl (C=O) groups excluding carboxylic acids is 3. The van der Waals surface area contributed by atoms with E-state index in [2.05, 4.69) is 5.32 Å². The number of amides is 3. The molecule has 0 radical (unpaired) electrons. The molecule has 0 bridgehead atoms. The Balaban J connectivity index is 1.81. The molecule has 3 amide bonds. The number of aryl methyl sites for hydroxylation is 1. The Morgan fingerprint density at radius 2 is 1.64 bits per heavy atom. The maximum atomic E-state index is 13.8. The summed E-state index contributed by atoms with van der Waals surface area (Å²) in [4.78, 5) is 40.9. The lowest BCUT2D eigenvalue weighted by Gasteiger charge is -2.38. The molecule has 3 rings (SSSR count). The Bertz CT molecular complexity index is 1080. The molecule has 7 nitrogen and oxygen atoms in total. The van der Waals surface area contributed by atoms with Crippen molar-refractivity contribution < 1.29 is 28.4 Å². The van der Waals surface area contributed by atoms with Crippen molar-refractivity contribution in [3.8, 4) is 0 Å². The van der Waals surface area contributed by atoms with E-state index >= 15 is 0 Å². The highest BCUT2D eigenvalue weighted by Gasteiger charge is 2.52. The molecule has 1 fully saturated rings. The van der Waals surface area contributed by atoms with Crippen LogP contribution in [0.15, 0.2) is 48.5 Å². The summed E-state index contributed by atoms with van der Waals surface area (Å²) in [5.74, 6) is -2.16. The van der Waals surface area contributed by atoms with E-state index in [1.807, 2.05) is 20.8 Å². The lowest BCUT2D eigenvalue weighted by Crippen LogP contribution is -2.54. The Morgan fingerprint density at radius 3 is 2.19 bits per heavy atom. The number of likely N-dealkylation sites (tertiary alicyclic amines) is 1. The molecule has 1 heterocycles. The van der Waals surface area contributed by atoms with Gasteiger partial charge in [-0.2, -0.15) is 0 Å². The Labute approximate surface area is 209 Å². The first-order chi connectivity index (χ1) is 16.9. The number of hydrogen-bond donors (Lipinski definition) is 3. The van der Waals surface area contributed by atoms with E-state index in [1.54, 1.807) is 17.6 Å². The fourth-order valence-corrected chi connectivity index (χ4v) is 4.95. The SMILES string of the molecule is CC(C)(C)[C@H](C(=O)Nc1ccc(F)cc1)N1CC[C@@](CCCc2ccc(F)cc2)(CC(=O)NO)C1=O. The summed E-state index contributed by atoms with van der Waals surface area (Å²) in [6.07, 6.45) is 1.65. The van der Waals surface area contributed by atoms with Crippen molar-refractivity contribution in [3.63, 3.8) is 0 Å². The fraction of sp³-hybridized carbons (Fsp3) is 0.444. The van der Waals surface area contributed by atoms with Gasteiger partial charge in [0.05, 0.1) is 5.41 Å². The minimum atomic E-state index is -1.08. The van der Waals surface area contributed by atoms with E-state index < -0.39 is 34.5 Å². The van der Waals surface area contributed by atoms with Crippen molar-refractivity contribution in [2.45, 2.75) is 58.9 Å². The van der Waals surface area contributed by atoms with Gasteiger partial charge in [-0.25, -0.2) is 14.3 Å². The van der Waals surface area contributed by atoms with Crippen LogP contribution in [0.4, 0.5) is 14.5 Å². The second kappa shape index (κ2) is 11.2. The van der Waals surface area contributed by atoms with Gasteiger partial charge in [-0.3, -0.25) is 19.6 Å². The molecular formula is C27H33F2N3O4. The van der Waals surface area contributed by atoms with E-state index in [0.29, 0.717) is 31.4 Å². The third kappa shape index (κ3) is 6.46. The monoisotopic (exact) mass is 501 g/mol. The first-order valence-corrected chi connectivity index (χ1v) is 12.0. The maximum absolute atomic E-state index is 13.8. The molecule has 194 valence electrons.